The van der Waals surface area contributed by atoms with Gasteiger partial charge in [-0.3, -0.25) is 0 Å². The molecule has 0 fully saturated rings. The van der Waals surface area contributed by atoms with Crippen LogP contribution >= 0.6 is 11.6 Å². The van der Waals surface area contributed by atoms with Crippen LogP contribution in [-0.2, 0) is 0 Å². The van der Waals surface area contributed by atoms with E-state index in [0.29, 0.717) is 11.6 Å². The molecular weight excluding hydrogens is 186 g/mol. The molecule has 2 nitrogen and oxygen atoms in total. The van der Waals surface area contributed by atoms with E-state index in [4.69, 9.17) is 16.0 Å². The van der Waals surface area contributed by atoms with Crippen LogP contribution in [0.15, 0.2) is 28.4 Å². The van der Waals surface area contributed by atoms with Crippen molar-refractivity contribution in [1.82, 2.24) is 5.32 Å². The van der Waals surface area contributed by atoms with Crippen molar-refractivity contribution in [2.24, 2.45) is 0 Å². The molecule has 0 radical (unpaired) electrons. The molecule has 1 heterocycles. The molecule has 3 heteroatoms. The van der Waals surface area contributed by atoms with Crippen molar-refractivity contribution in [1.29, 1.82) is 0 Å². The van der Waals surface area contributed by atoms with Gasteiger partial charge in [0, 0.05) is 11.6 Å². The number of aryl methyl sites for hydroxylation is 1. The number of nitrogens with one attached hydrogen (secondary N) is 1. The van der Waals surface area contributed by atoms with Crippen molar-refractivity contribution in [3.63, 3.8) is 0 Å². The molecule has 1 aromatic rings. The van der Waals surface area contributed by atoms with E-state index in [9.17, 15) is 0 Å². The minimum atomic E-state index is 0.172. The Balaban J connectivity index is 2.53. The molecule has 0 amide bonds. The SMILES string of the molecule is C=C(Cl)CNC(C)c1occc1C. The quantitative estimate of drug-likeness (QED) is 0.807. The van der Waals surface area contributed by atoms with Crippen molar-refractivity contribution < 1.29 is 4.42 Å². The van der Waals surface area contributed by atoms with Gasteiger partial charge < -0.3 is 9.73 Å². The van der Waals surface area contributed by atoms with E-state index in [2.05, 4.69) is 11.9 Å². The van der Waals surface area contributed by atoms with Crippen molar-refractivity contribution in [3.05, 3.63) is 35.3 Å². The maximum absolute atomic E-state index is 5.64. The van der Waals surface area contributed by atoms with Crippen molar-refractivity contribution in [2.45, 2.75) is 19.9 Å². The van der Waals surface area contributed by atoms with Crippen LogP contribution < -0.4 is 5.32 Å². The molecule has 0 spiro atoms. The normalized spacial score (nSPS) is 12.8. The first-order chi connectivity index (χ1) is 6.11. The van der Waals surface area contributed by atoms with Gasteiger partial charge >= 0.3 is 0 Å². The van der Waals surface area contributed by atoms with Crippen LogP contribution in [0.1, 0.15) is 24.3 Å². The van der Waals surface area contributed by atoms with Crippen LogP contribution in [0.4, 0.5) is 0 Å². The third-order valence-corrected chi connectivity index (χ3v) is 2.03. The molecule has 0 bridgehead atoms. The highest BCUT2D eigenvalue weighted by molar-refractivity contribution is 6.29. The molecule has 1 rings (SSSR count). The summed E-state index contributed by atoms with van der Waals surface area (Å²) in [5.41, 5.74) is 1.15. The van der Waals surface area contributed by atoms with Gasteiger partial charge in [0.05, 0.1) is 12.3 Å². The molecule has 1 N–H and O–H groups in total. The van der Waals surface area contributed by atoms with Crippen LogP contribution in [0.2, 0.25) is 0 Å². The van der Waals surface area contributed by atoms with E-state index in [0.717, 1.165) is 11.3 Å². The Morgan fingerprint density at radius 2 is 2.46 bits per heavy atom. The van der Waals surface area contributed by atoms with Crippen LogP contribution in [0.5, 0.6) is 0 Å². The largest absolute Gasteiger partial charge is 0.467 e. The van der Waals surface area contributed by atoms with Crippen LogP contribution in [0, 0.1) is 6.92 Å². The van der Waals surface area contributed by atoms with Gasteiger partial charge in [0.2, 0.25) is 0 Å². The van der Waals surface area contributed by atoms with E-state index in [1.54, 1.807) is 6.26 Å². The summed E-state index contributed by atoms with van der Waals surface area (Å²) in [6.07, 6.45) is 1.69. The van der Waals surface area contributed by atoms with Gasteiger partial charge in [0.1, 0.15) is 5.76 Å². The molecular formula is C10H14ClNO. The summed E-state index contributed by atoms with van der Waals surface area (Å²) < 4.78 is 5.32. The van der Waals surface area contributed by atoms with E-state index < -0.39 is 0 Å². The number of rotatable bonds is 4. The Morgan fingerprint density at radius 1 is 1.77 bits per heavy atom. The van der Waals surface area contributed by atoms with Gasteiger partial charge in [-0.25, -0.2) is 0 Å². The topological polar surface area (TPSA) is 25.2 Å². The summed E-state index contributed by atoms with van der Waals surface area (Å²) in [5.74, 6) is 0.956. The molecule has 1 aromatic heterocycles. The lowest BCUT2D eigenvalue weighted by molar-refractivity contribution is 0.438. The highest BCUT2D eigenvalue weighted by Crippen LogP contribution is 2.17. The highest BCUT2D eigenvalue weighted by Gasteiger charge is 2.10. The molecule has 0 aromatic carbocycles. The number of hydrogen-bond acceptors (Lipinski definition) is 2. The van der Waals surface area contributed by atoms with Gasteiger partial charge in [-0.1, -0.05) is 18.2 Å². The summed E-state index contributed by atoms with van der Waals surface area (Å²) >= 11 is 5.64. The molecule has 0 aliphatic carbocycles. The van der Waals surface area contributed by atoms with Gasteiger partial charge in [0.15, 0.2) is 0 Å². The Labute approximate surface area is 83.6 Å². The van der Waals surface area contributed by atoms with Crippen molar-refractivity contribution >= 4 is 11.6 Å². The summed E-state index contributed by atoms with van der Waals surface area (Å²) in [4.78, 5) is 0. The van der Waals surface area contributed by atoms with Crippen molar-refractivity contribution in [2.75, 3.05) is 6.54 Å². The molecule has 72 valence electrons. The average Bonchev–Trinajstić information content (AvgIpc) is 2.47. The zero-order valence-corrected chi connectivity index (χ0v) is 8.69. The lowest BCUT2D eigenvalue weighted by Gasteiger charge is -2.11. The van der Waals surface area contributed by atoms with Gasteiger partial charge in [-0.15, -0.1) is 0 Å². The number of furan rings is 1. The molecule has 13 heavy (non-hydrogen) atoms. The molecule has 0 aliphatic heterocycles. The first-order valence-electron chi connectivity index (χ1n) is 4.22. The predicted molar refractivity (Wildman–Crippen MR) is 54.9 cm³/mol. The second-order valence-corrected chi connectivity index (χ2v) is 3.62. The first kappa shape index (κ1) is 10.4. The standard InChI is InChI=1S/C10H14ClNO/c1-7-4-5-13-10(7)9(3)12-6-8(2)11/h4-5,9,12H,2,6H2,1,3H3. The minimum Gasteiger partial charge on any atom is -0.467 e. The van der Waals surface area contributed by atoms with Crippen LogP contribution in [-0.4, -0.2) is 6.54 Å². The summed E-state index contributed by atoms with van der Waals surface area (Å²) in [6.45, 7) is 8.26. The first-order valence-corrected chi connectivity index (χ1v) is 4.59. The average molecular weight is 200 g/mol. The lowest BCUT2D eigenvalue weighted by atomic mass is 10.2. The van der Waals surface area contributed by atoms with E-state index >= 15 is 0 Å². The second-order valence-electron chi connectivity index (χ2n) is 3.09. The highest BCUT2D eigenvalue weighted by atomic mass is 35.5. The van der Waals surface area contributed by atoms with E-state index in [1.807, 2.05) is 19.9 Å². The summed E-state index contributed by atoms with van der Waals surface area (Å²) in [6, 6.07) is 2.12. The maximum Gasteiger partial charge on any atom is 0.123 e. The fourth-order valence-electron chi connectivity index (χ4n) is 1.18. The van der Waals surface area contributed by atoms with E-state index in [1.165, 1.54) is 0 Å². The molecule has 0 saturated heterocycles. The van der Waals surface area contributed by atoms with Crippen molar-refractivity contribution in [3.8, 4) is 0 Å². The molecule has 1 unspecified atom stereocenters. The van der Waals surface area contributed by atoms with Gasteiger partial charge in [0.25, 0.3) is 0 Å². The Bertz CT molecular complexity index is 293. The maximum atomic E-state index is 5.64. The second kappa shape index (κ2) is 4.49. The van der Waals surface area contributed by atoms with Gasteiger partial charge in [-0.2, -0.15) is 0 Å². The summed E-state index contributed by atoms with van der Waals surface area (Å²) in [7, 11) is 0. The minimum absolute atomic E-state index is 0.172. The number of halogens is 1. The lowest BCUT2D eigenvalue weighted by Crippen LogP contribution is -2.19. The monoisotopic (exact) mass is 199 g/mol. The third kappa shape index (κ3) is 2.90. The van der Waals surface area contributed by atoms with E-state index in [-0.39, 0.29) is 6.04 Å². The summed E-state index contributed by atoms with van der Waals surface area (Å²) in [5, 5.41) is 3.81. The van der Waals surface area contributed by atoms with Crippen LogP contribution in [0.3, 0.4) is 0 Å². The Kier molecular flexibility index (Phi) is 3.58. The predicted octanol–water partition coefficient (Wildman–Crippen LogP) is 2.99. The Hall–Kier alpha value is -0.730. The molecule has 1 atom stereocenters. The van der Waals surface area contributed by atoms with Gasteiger partial charge in [-0.05, 0) is 25.5 Å². The smallest absolute Gasteiger partial charge is 0.123 e. The fraction of sp³-hybridized carbons (Fsp3) is 0.400. The zero-order chi connectivity index (χ0) is 9.84. The zero-order valence-electron chi connectivity index (χ0n) is 7.93. The van der Waals surface area contributed by atoms with Crippen LogP contribution in [0.25, 0.3) is 0 Å². The molecule has 0 aliphatic rings. The third-order valence-electron chi connectivity index (χ3n) is 1.90. The Morgan fingerprint density at radius 3 is 2.92 bits per heavy atom. The fourth-order valence-corrected chi connectivity index (χ4v) is 1.26. The molecule has 0 saturated carbocycles. The number of hydrogen-bond donors (Lipinski definition) is 1.